The minimum atomic E-state index is -1.06. The molecule has 0 unspecified atom stereocenters. The molecular formula is C12H10FN3O4. The molecule has 1 heterocycles. The van der Waals surface area contributed by atoms with E-state index in [0.29, 0.717) is 11.5 Å². The van der Waals surface area contributed by atoms with E-state index in [1.165, 1.54) is 6.07 Å². The van der Waals surface area contributed by atoms with Gasteiger partial charge in [-0.25, -0.2) is 0 Å². The number of amides is 1. The van der Waals surface area contributed by atoms with Crippen LogP contribution in [-0.4, -0.2) is 16.0 Å². The van der Waals surface area contributed by atoms with Crippen LogP contribution < -0.4 is 5.32 Å². The second kappa shape index (κ2) is 5.47. The van der Waals surface area contributed by atoms with E-state index in [1.807, 2.05) is 0 Å². The van der Waals surface area contributed by atoms with Gasteiger partial charge in [-0.1, -0.05) is 5.16 Å². The van der Waals surface area contributed by atoms with Gasteiger partial charge in [-0.05, 0) is 19.1 Å². The minimum absolute atomic E-state index is 0.00987. The van der Waals surface area contributed by atoms with Crippen LogP contribution in [0.4, 0.5) is 10.1 Å². The molecule has 1 aromatic carbocycles. The number of nitro groups is 1. The van der Waals surface area contributed by atoms with Crippen LogP contribution in [0, 0.1) is 22.9 Å². The van der Waals surface area contributed by atoms with Crippen molar-refractivity contribution < 1.29 is 18.6 Å². The lowest BCUT2D eigenvalue weighted by molar-refractivity contribution is -0.387. The van der Waals surface area contributed by atoms with Crippen molar-refractivity contribution in [2.24, 2.45) is 0 Å². The molecule has 8 heteroatoms. The maximum Gasteiger partial charge on any atom is 0.304 e. The van der Waals surface area contributed by atoms with Gasteiger partial charge in [0.25, 0.3) is 5.91 Å². The van der Waals surface area contributed by atoms with Crippen molar-refractivity contribution in [3.05, 3.63) is 57.2 Å². The molecule has 1 aromatic heterocycles. The standard InChI is InChI=1S/C12H10FN3O4/c1-7-4-9(20-15-7)6-14-12(17)8-2-3-11(16(18)19)10(13)5-8/h2-5H,6H2,1H3,(H,14,17). The number of halogens is 1. The summed E-state index contributed by atoms with van der Waals surface area (Å²) < 4.78 is 18.3. The van der Waals surface area contributed by atoms with Gasteiger partial charge in [-0.2, -0.15) is 4.39 Å². The molecule has 1 N–H and O–H groups in total. The number of hydrogen-bond acceptors (Lipinski definition) is 5. The number of nitrogens with one attached hydrogen (secondary N) is 1. The number of aromatic nitrogens is 1. The van der Waals surface area contributed by atoms with E-state index < -0.39 is 22.3 Å². The molecule has 0 atom stereocenters. The number of hydrogen-bond donors (Lipinski definition) is 1. The second-order valence-corrected chi connectivity index (χ2v) is 4.04. The van der Waals surface area contributed by atoms with Crippen molar-refractivity contribution in [3.8, 4) is 0 Å². The van der Waals surface area contributed by atoms with Gasteiger partial charge in [-0.3, -0.25) is 14.9 Å². The normalized spacial score (nSPS) is 10.3. The van der Waals surface area contributed by atoms with Gasteiger partial charge < -0.3 is 9.84 Å². The highest BCUT2D eigenvalue weighted by molar-refractivity contribution is 5.94. The maximum atomic E-state index is 13.4. The van der Waals surface area contributed by atoms with Crippen LogP contribution in [0.1, 0.15) is 21.8 Å². The van der Waals surface area contributed by atoms with Crippen molar-refractivity contribution in [3.63, 3.8) is 0 Å². The van der Waals surface area contributed by atoms with E-state index in [-0.39, 0.29) is 12.1 Å². The number of carbonyl (C=O) groups excluding carboxylic acids is 1. The molecule has 7 nitrogen and oxygen atoms in total. The van der Waals surface area contributed by atoms with Crippen LogP contribution in [-0.2, 0) is 6.54 Å². The van der Waals surface area contributed by atoms with Crippen molar-refractivity contribution in [2.75, 3.05) is 0 Å². The molecule has 0 saturated heterocycles. The van der Waals surface area contributed by atoms with Gasteiger partial charge in [0.15, 0.2) is 5.76 Å². The molecule has 0 aliphatic heterocycles. The Kier molecular flexibility index (Phi) is 3.74. The van der Waals surface area contributed by atoms with E-state index >= 15 is 0 Å². The van der Waals surface area contributed by atoms with Crippen LogP contribution in [0.25, 0.3) is 0 Å². The first kappa shape index (κ1) is 13.7. The van der Waals surface area contributed by atoms with Crippen molar-refractivity contribution >= 4 is 11.6 Å². The Labute approximate surface area is 112 Å². The number of aryl methyl sites for hydroxylation is 1. The van der Waals surface area contributed by atoms with Gasteiger partial charge in [0.1, 0.15) is 0 Å². The Hall–Kier alpha value is -2.77. The van der Waals surface area contributed by atoms with Crippen molar-refractivity contribution in [1.82, 2.24) is 10.5 Å². The number of benzene rings is 1. The smallest absolute Gasteiger partial charge is 0.304 e. The number of rotatable bonds is 4. The number of carbonyl (C=O) groups is 1. The monoisotopic (exact) mass is 279 g/mol. The summed E-state index contributed by atoms with van der Waals surface area (Å²) in [6.07, 6.45) is 0. The van der Waals surface area contributed by atoms with Crippen molar-refractivity contribution in [2.45, 2.75) is 13.5 Å². The predicted octanol–water partition coefficient (Wildman–Crippen LogP) is 1.96. The Morgan fingerprint density at radius 3 is 2.80 bits per heavy atom. The van der Waals surface area contributed by atoms with Gasteiger partial charge in [-0.15, -0.1) is 0 Å². The Bertz CT molecular complexity index is 668. The first-order valence-electron chi connectivity index (χ1n) is 5.61. The SMILES string of the molecule is Cc1cc(CNC(=O)c2ccc([N+](=O)[O-])c(F)c2)on1. The fraction of sp³-hybridized carbons (Fsp3) is 0.167. The number of nitro benzene ring substituents is 1. The molecule has 2 aromatic rings. The highest BCUT2D eigenvalue weighted by atomic mass is 19.1. The first-order chi connectivity index (χ1) is 9.47. The molecule has 0 spiro atoms. The molecule has 0 bridgehead atoms. The van der Waals surface area contributed by atoms with Crippen LogP contribution in [0.3, 0.4) is 0 Å². The van der Waals surface area contributed by atoms with E-state index in [4.69, 9.17) is 4.52 Å². The lowest BCUT2D eigenvalue weighted by Gasteiger charge is -2.03. The summed E-state index contributed by atoms with van der Waals surface area (Å²) in [4.78, 5) is 21.4. The molecule has 0 aliphatic rings. The summed E-state index contributed by atoms with van der Waals surface area (Å²) in [5, 5.41) is 16.6. The summed E-state index contributed by atoms with van der Waals surface area (Å²) >= 11 is 0. The molecule has 0 radical (unpaired) electrons. The van der Waals surface area contributed by atoms with Crippen LogP contribution in [0.2, 0.25) is 0 Å². The lowest BCUT2D eigenvalue weighted by atomic mass is 10.2. The van der Waals surface area contributed by atoms with Crippen LogP contribution >= 0.6 is 0 Å². The number of nitrogens with zero attached hydrogens (tertiary/aromatic N) is 2. The van der Waals surface area contributed by atoms with Gasteiger partial charge in [0.05, 0.1) is 17.2 Å². The Morgan fingerprint density at radius 2 is 2.25 bits per heavy atom. The molecule has 0 fully saturated rings. The van der Waals surface area contributed by atoms with Gasteiger partial charge >= 0.3 is 5.69 Å². The average molecular weight is 279 g/mol. The summed E-state index contributed by atoms with van der Waals surface area (Å²) in [7, 11) is 0. The fourth-order valence-corrected chi connectivity index (χ4v) is 1.57. The molecule has 0 saturated carbocycles. The van der Waals surface area contributed by atoms with Gasteiger partial charge in [0.2, 0.25) is 5.82 Å². The molecule has 0 aliphatic carbocycles. The molecule has 20 heavy (non-hydrogen) atoms. The summed E-state index contributed by atoms with van der Waals surface area (Å²) in [6, 6.07) is 4.60. The zero-order valence-corrected chi connectivity index (χ0v) is 10.4. The third kappa shape index (κ3) is 2.97. The first-order valence-corrected chi connectivity index (χ1v) is 5.61. The third-order valence-electron chi connectivity index (χ3n) is 2.51. The van der Waals surface area contributed by atoms with Crippen LogP contribution in [0.5, 0.6) is 0 Å². The predicted molar refractivity (Wildman–Crippen MR) is 65.5 cm³/mol. The highest BCUT2D eigenvalue weighted by Gasteiger charge is 2.16. The van der Waals surface area contributed by atoms with E-state index in [2.05, 4.69) is 10.5 Å². The van der Waals surface area contributed by atoms with Crippen molar-refractivity contribution in [1.29, 1.82) is 0 Å². The molecule has 104 valence electrons. The summed E-state index contributed by atoms with van der Waals surface area (Å²) in [5.41, 5.74) is -0.00706. The van der Waals surface area contributed by atoms with E-state index in [9.17, 15) is 19.3 Å². The fourth-order valence-electron chi connectivity index (χ4n) is 1.57. The molecule has 2 rings (SSSR count). The topological polar surface area (TPSA) is 98.3 Å². The molecule has 1 amide bonds. The zero-order valence-electron chi connectivity index (χ0n) is 10.4. The Morgan fingerprint density at radius 1 is 1.50 bits per heavy atom. The summed E-state index contributed by atoms with van der Waals surface area (Å²) in [5.74, 6) is -1.16. The highest BCUT2D eigenvalue weighted by Crippen LogP contribution is 2.18. The van der Waals surface area contributed by atoms with Crippen LogP contribution in [0.15, 0.2) is 28.8 Å². The molecular weight excluding hydrogens is 269 g/mol. The largest absolute Gasteiger partial charge is 0.359 e. The average Bonchev–Trinajstić information content (AvgIpc) is 2.81. The van der Waals surface area contributed by atoms with E-state index in [0.717, 1.165) is 12.1 Å². The van der Waals surface area contributed by atoms with Gasteiger partial charge in [0, 0.05) is 17.7 Å². The quantitative estimate of drug-likeness (QED) is 0.681. The second-order valence-electron chi connectivity index (χ2n) is 4.04. The Balaban J connectivity index is 2.06. The lowest BCUT2D eigenvalue weighted by Crippen LogP contribution is -2.22. The maximum absolute atomic E-state index is 13.4. The third-order valence-corrected chi connectivity index (χ3v) is 2.51. The minimum Gasteiger partial charge on any atom is -0.359 e. The summed E-state index contributed by atoms with van der Waals surface area (Å²) in [6.45, 7) is 1.83. The van der Waals surface area contributed by atoms with E-state index in [1.54, 1.807) is 13.0 Å². The zero-order chi connectivity index (χ0) is 14.7.